The van der Waals surface area contributed by atoms with Crippen molar-refractivity contribution in [3.05, 3.63) is 33.5 Å². The molecular weight excluding hydrogens is 275 g/mol. The van der Waals surface area contributed by atoms with E-state index >= 15 is 0 Å². The highest BCUT2D eigenvalue weighted by Gasteiger charge is 2.01. The molecule has 0 aliphatic heterocycles. The Hall–Kier alpha value is -0.840. The Morgan fingerprint density at radius 1 is 1.46 bits per heavy atom. The van der Waals surface area contributed by atoms with Crippen molar-refractivity contribution in [3.63, 3.8) is 0 Å². The van der Waals surface area contributed by atoms with Crippen LogP contribution in [0.4, 0.5) is 0 Å². The number of hydrogen-bond donors (Lipinski definition) is 1. The Balaban J connectivity index is 2.71. The number of rotatable bonds is 1. The van der Waals surface area contributed by atoms with Crippen molar-refractivity contribution < 1.29 is 0 Å². The van der Waals surface area contributed by atoms with Crippen molar-refractivity contribution in [2.45, 2.75) is 6.92 Å². The van der Waals surface area contributed by atoms with Gasteiger partial charge in [-0.1, -0.05) is 6.08 Å². The second-order valence-corrected chi connectivity index (χ2v) is 4.04. The highest BCUT2D eigenvalue weighted by Crippen LogP contribution is 2.19. The molecule has 1 N–H and O–H groups in total. The van der Waals surface area contributed by atoms with E-state index in [-0.39, 0.29) is 0 Å². The van der Waals surface area contributed by atoms with Gasteiger partial charge in [0.1, 0.15) is 0 Å². The van der Waals surface area contributed by atoms with Crippen molar-refractivity contribution >= 4 is 39.6 Å². The molecule has 0 saturated carbocycles. The summed E-state index contributed by atoms with van der Waals surface area (Å²) in [5.74, 6) is 0. The van der Waals surface area contributed by atoms with Crippen LogP contribution in [0.2, 0.25) is 0 Å². The van der Waals surface area contributed by atoms with Gasteiger partial charge >= 0.3 is 0 Å². The zero-order valence-electron chi connectivity index (χ0n) is 7.21. The lowest BCUT2D eigenvalue weighted by Gasteiger charge is -1.91. The average Bonchev–Trinajstić information content (AvgIpc) is 2.49. The first-order valence-corrected chi connectivity index (χ1v) is 5.15. The topological polar surface area (TPSA) is 28.7 Å². The first kappa shape index (κ1) is 8.74. The number of halogens is 1. The second kappa shape index (κ2) is 3.49. The lowest BCUT2D eigenvalue weighted by Crippen LogP contribution is -1.73. The van der Waals surface area contributed by atoms with Gasteiger partial charge in [-0.15, -0.1) is 0 Å². The van der Waals surface area contributed by atoms with E-state index < -0.39 is 0 Å². The Morgan fingerprint density at radius 2 is 2.31 bits per heavy atom. The fraction of sp³-hybridized carbons (Fsp3) is 0.100. The molecule has 1 heterocycles. The molecule has 0 unspecified atom stereocenters. The number of H-pyrrole nitrogens is 1. The lowest BCUT2D eigenvalue weighted by atomic mass is 10.2. The van der Waals surface area contributed by atoms with Crippen molar-refractivity contribution in [3.8, 4) is 0 Å². The van der Waals surface area contributed by atoms with Crippen molar-refractivity contribution in [2.75, 3.05) is 0 Å². The standard InChI is InChI=1S/C10H9IN2/c1-2-3-9-8-6-7(11)4-5-10(8)13-12-9/h2-6H,1H3,(H,12,13)/b3-2+. The van der Waals surface area contributed by atoms with Crippen LogP contribution in [-0.4, -0.2) is 10.2 Å². The van der Waals surface area contributed by atoms with Gasteiger partial charge in [0.2, 0.25) is 0 Å². The quantitative estimate of drug-likeness (QED) is 0.800. The van der Waals surface area contributed by atoms with E-state index in [0.29, 0.717) is 0 Å². The Morgan fingerprint density at radius 3 is 3.08 bits per heavy atom. The molecule has 0 fully saturated rings. The molecular formula is C10H9IN2. The monoisotopic (exact) mass is 284 g/mol. The van der Waals surface area contributed by atoms with E-state index in [9.17, 15) is 0 Å². The van der Waals surface area contributed by atoms with E-state index in [0.717, 1.165) is 11.2 Å². The van der Waals surface area contributed by atoms with Gasteiger partial charge in [-0.25, -0.2) is 0 Å². The molecule has 0 radical (unpaired) electrons. The van der Waals surface area contributed by atoms with Gasteiger partial charge in [0.25, 0.3) is 0 Å². The number of nitrogens with one attached hydrogen (secondary N) is 1. The van der Waals surface area contributed by atoms with E-state index in [1.807, 2.05) is 19.1 Å². The van der Waals surface area contributed by atoms with Crippen LogP contribution in [0.5, 0.6) is 0 Å². The largest absolute Gasteiger partial charge is 0.277 e. The van der Waals surface area contributed by atoms with E-state index in [1.165, 1.54) is 8.96 Å². The van der Waals surface area contributed by atoms with Gasteiger partial charge in [-0.05, 0) is 53.8 Å². The highest BCUT2D eigenvalue weighted by atomic mass is 127. The van der Waals surface area contributed by atoms with Crippen LogP contribution in [0.3, 0.4) is 0 Å². The molecule has 0 aliphatic carbocycles. The van der Waals surface area contributed by atoms with Crippen LogP contribution < -0.4 is 0 Å². The molecule has 2 rings (SSSR count). The van der Waals surface area contributed by atoms with Crippen molar-refractivity contribution in [1.82, 2.24) is 10.2 Å². The van der Waals surface area contributed by atoms with Gasteiger partial charge in [-0.3, -0.25) is 5.10 Å². The van der Waals surface area contributed by atoms with Crippen LogP contribution in [0.1, 0.15) is 12.6 Å². The lowest BCUT2D eigenvalue weighted by molar-refractivity contribution is 1.11. The zero-order valence-corrected chi connectivity index (χ0v) is 9.37. The van der Waals surface area contributed by atoms with Gasteiger partial charge in [0.05, 0.1) is 11.2 Å². The van der Waals surface area contributed by atoms with E-state index in [2.05, 4.69) is 51.0 Å². The third-order valence-corrected chi connectivity index (χ3v) is 2.55. The Labute approximate surface area is 90.2 Å². The molecule has 1 aromatic heterocycles. The maximum Gasteiger partial charge on any atom is 0.0924 e. The summed E-state index contributed by atoms with van der Waals surface area (Å²) in [5.41, 5.74) is 2.10. The Bertz CT molecular complexity index is 457. The molecule has 2 aromatic rings. The summed E-state index contributed by atoms with van der Waals surface area (Å²) in [4.78, 5) is 0. The first-order valence-electron chi connectivity index (χ1n) is 4.07. The van der Waals surface area contributed by atoms with Crippen LogP contribution in [0.15, 0.2) is 24.3 Å². The minimum atomic E-state index is 1.01. The minimum Gasteiger partial charge on any atom is -0.277 e. The number of hydrogen-bond acceptors (Lipinski definition) is 1. The van der Waals surface area contributed by atoms with Crippen molar-refractivity contribution in [1.29, 1.82) is 0 Å². The molecule has 0 aliphatic rings. The number of aromatic nitrogens is 2. The molecule has 0 bridgehead atoms. The second-order valence-electron chi connectivity index (χ2n) is 2.80. The maximum atomic E-state index is 4.21. The molecule has 0 amide bonds. The van der Waals surface area contributed by atoms with Gasteiger partial charge in [-0.2, -0.15) is 5.10 Å². The molecule has 2 nitrogen and oxygen atoms in total. The summed E-state index contributed by atoms with van der Waals surface area (Å²) in [6, 6.07) is 6.26. The number of allylic oxidation sites excluding steroid dienone is 1. The number of fused-ring (bicyclic) bond motifs is 1. The predicted octanol–water partition coefficient (Wildman–Crippen LogP) is 3.20. The molecule has 13 heavy (non-hydrogen) atoms. The SMILES string of the molecule is C/C=C/c1n[nH]c2ccc(I)cc12. The summed E-state index contributed by atoms with van der Waals surface area (Å²) in [6.45, 7) is 1.99. The zero-order chi connectivity index (χ0) is 9.26. The third kappa shape index (κ3) is 1.60. The summed E-state index contributed by atoms with van der Waals surface area (Å²) < 4.78 is 1.23. The molecule has 3 heteroatoms. The molecule has 1 aromatic carbocycles. The fourth-order valence-electron chi connectivity index (χ4n) is 1.29. The predicted molar refractivity (Wildman–Crippen MR) is 63.5 cm³/mol. The number of benzene rings is 1. The summed E-state index contributed by atoms with van der Waals surface area (Å²) in [6.07, 6.45) is 4.00. The normalized spacial score (nSPS) is 11.5. The summed E-state index contributed by atoms with van der Waals surface area (Å²) >= 11 is 2.30. The number of aromatic amines is 1. The third-order valence-electron chi connectivity index (χ3n) is 1.88. The van der Waals surface area contributed by atoms with Crippen LogP contribution >= 0.6 is 22.6 Å². The van der Waals surface area contributed by atoms with E-state index in [4.69, 9.17) is 0 Å². The van der Waals surface area contributed by atoms with Gasteiger partial charge < -0.3 is 0 Å². The van der Waals surface area contributed by atoms with Crippen LogP contribution in [-0.2, 0) is 0 Å². The van der Waals surface area contributed by atoms with Crippen molar-refractivity contribution in [2.24, 2.45) is 0 Å². The summed E-state index contributed by atoms with van der Waals surface area (Å²) in [7, 11) is 0. The van der Waals surface area contributed by atoms with E-state index in [1.54, 1.807) is 0 Å². The summed E-state index contributed by atoms with van der Waals surface area (Å²) in [5, 5.41) is 8.39. The van der Waals surface area contributed by atoms with Gasteiger partial charge in [0.15, 0.2) is 0 Å². The Kier molecular flexibility index (Phi) is 2.35. The first-order chi connectivity index (χ1) is 6.31. The molecule has 66 valence electrons. The fourth-order valence-corrected chi connectivity index (χ4v) is 1.78. The number of nitrogens with zero attached hydrogens (tertiary/aromatic N) is 1. The maximum absolute atomic E-state index is 4.21. The molecule has 0 saturated heterocycles. The smallest absolute Gasteiger partial charge is 0.0924 e. The highest BCUT2D eigenvalue weighted by molar-refractivity contribution is 14.1. The average molecular weight is 284 g/mol. The molecule has 0 spiro atoms. The molecule has 0 atom stereocenters. The minimum absolute atomic E-state index is 1.01. The van der Waals surface area contributed by atoms with Gasteiger partial charge in [0, 0.05) is 8.96 Å². The van der Waals surface area contributed by atoms with Crippen LogP contribution in [0, 0.1) is 3.57 Å². The van der Waals surface area contributed by atoms with Crippen LogP contribution in [0.25, 0.3) is 17.0 Å².